The molecule has 128 valence electrons. The molecule has 0 radical (unpaired) electrons. The van der Waals surface area contributed by atoms with Crippen molar-refractivity contribution in [3.8, 4) is 5.75 Å². The predicted molar refractivity (Wildman–Crippen MR) is 98.3 cm³/mol. The molecule has 2 aromatic carbocycles. The Morgan fingerprint density at radius 1 is 1.12 bits per heavy atom. The van der Waals surface area contributed by atoms with E-state index in [1.807, 2.05) is 54.6 Å². The Labute approximate surface area is 147 Å². The number of ketones is 1. The number of aliphatic hydroxyl groups excluding tert-OH is 1. The van der Waals surface area contributed by atoms with Gasteiger partial charge in [0.25, 0.3) is 0 Å². The molecular weight excluding hydrogens is 314 g/mol. The summed E-state index contributed by atoms with van der Waals surface area (Å²) in [6.45, 7) is 0.455. The number of benzene rings is 2. The van der Waals surface area contributed by atoms with Crippen molar-refractivity contribution in [3.63, 3.8) is 0 Å². The Hall–Kier alpha value is -2.88. The van der Waals surface area contributed by atoms with Crippen molar-refractivity contribution in [2.75, 3.05) is 7.11 Å². The van der Waals surface area contributed by atoms with Crippen LogP contribution in [-0.2, 0) is 11.3 Å². The lowest BCUT2D eigenvalue weighted by Crippen LogP contribution is -2.19. The highest BCUT2D eigenvalue weighted by Gasteiger charge is 2.27. The number of carbonyl (C=O) groups excluding carboxylic acids is 1. The van der Waals surface area contributed by atoms with Crippen LogP contribution >= 0.6 is 0 Å². The zero-order chi connectivity index (χ0) is 17.6. The number of ether oxygens (including phenoxy) is 1. The Morgan fingerprint density at radius 3 is 2.48 bits per heavy atom. The number of Topliss-reactive ketones (excluding diaryl/α,β-unsaturated/α-hetero) is 1. The predicted octanol–water partition coefficient (Wildman–Crippen LogP) is 4.22. The standard InChI is InChI=1S/C21H21NO3/c1-25-18-9-7-15(8-10-18)13-22-14-19-20(23)11-17(12-21(19)24)16-5-3-2-4-6-16/h2-10,14,17,23H,11-13H2,1H3. The first kappa shape index (κ1) is 17.0. The number of nitrogens with zero attached hydrogens (tertiary/aromatic N) is 1. The summed E-state index contributed by atoms with van der Waals surface area (Å²) in [6.07, 6.45) is 2.38. The number of hydrogen-bond donors (Lipinski definition) is 1. The minimum Gasteiger partial charge on any atom is -0.511 e. The van der Waals surface area contributed by atoms with Gasteiger partial charge in [0.05, 0.1) is 19.2 Å². The smallest absolute Gasteiger partial charge is 0.168 e. The van der Waals surface area contributed by atoms with E-state index in [-0.39, 0.29) is 17.5 Å². The van der Waals surface area contributed by atoms with E-state index < -0.39 is 0 Å². The van der Waals surface area contributed by atoms with E-state index in [2.05, 4.69) is 4.99 Å². The van der Waals surface area contributed by atoms with E-state index in [1.165, 1.54) is 6.21 Å². The first-order valence-electron chi connectivity index (χ1n) is 8.30. The number of allylic oxidation sites excluding steroid dienone is 2. The second kappa shape index (κ2) is 7.79. The molecule has 0 spiro atoms. The van der Waals surface area contributed by atoms with Crippen molar-refractivity contribution in [2.24, 2.45) is 4.99 Å². The molecule has 0 aromatic heterocycles. The molecule has 1 N–H and O–H groups in total. The normalized spacial score (nSPS) is 18.0. The van der Waals surface area contributed by atoms with Crippen LogP contribution in [0.25, 0.3) is 0 Å². The summed E-state index contributed by atoms with van der Waals surface area (Å²) >= 11 is 0. The second-order valence-electron chi connectivity index (χ2n) is 6.12. The van der Waals surface area contributed by atoms with Crippen LogP contribution in [0.4, 0.5) is 0 Å². The lowest BCUT2D eigenvalue weighted by molar-refractivity contribution is -0.116. The van der Waals surface area contributed by atoms with Gasteiger partial charge in [-0.05, 0) is 29.2 Å². The molecule has 1 atom stereocenters. The fraction of sp³-hybridized carbons (Fsp3) is 0.238. The number of carbonyl (C=O) groups is 1. The third kappa shape index (κ3) is 4.15. The summed E-state index contributed by atoms with van der Waals surface area (Å²) < 4.78 is 5.12. The number of rotatable bonds is 5. The largest absolute Gasteiger partial charge is 0.511 e. The maximum absolute atomic E-state index is 12.4. The fourth-order valence-corrected chi connectivity index (χ4v) is 2.99. The van der Waals surface area contributed by atoms with Gasteiger partial charge in [-0.25, -0.2) is 0 Å². The monoisotopic (exact) mass is 335 g/mol. The lowest BCUT2D eigenvalue weighted by atomic mass is 9.83. The molecule has 1 aliphatic carbocycles. The van der Waals surface area contributed by atoms with Crippen LogP contribution in [0.1, 0.15) is 29.9 Å². The van der Waals surface area contributed by atoms with Crippen molar-refractivity contribution in [1.82, 2.24) is 0 Å². The third-order valence-corrected chi connectivity index (χ3v) is 4.41. The lowest BCUT2D eigenvalue weighted by Gasteiger charge is -2.22. The van der Waals surface area contributed by atoms with Gasteiger partial charge in [0.1, 0.15) is 11.5 Å². The molecule has 0 aliphatic heterocycles. The van der Waals surface area contributed by atoms with Crippen LogP contribution in [0.2, 0.25) is 0 Å². The van der Waals surface area contributed by atoms with Crippen molar-refractivity contribution >= 4 is 12.0 Å². The average Bonchev–Trinajstić information content (AvgIpc) is 2.65. The van der Waals surface area contributed by atoms with E-state index in [1.54, 1.807) is 7.11 Å². The quantitative estimate of drug-likeness (QED) is 0.832. The second-order valence-corrected chi connectivity index (χ2v) is 6.12. The molecule has 3 rings (SSSR count). The maximum Gasteiger partial charge on any atom is 0.168 e. The van der Waals surface area contributed by atoms with Gasteiger partial charge in [0.15, 0.2) is 5.78 Å². The summed E-state index contributed by atoms with van der Waals surface area (Å²) in [7, 11) is 1.62. The molecule has 0 saturated carbocycles. The van der Waals surface area contributed by atoms with E-state index in [0.717, 1.165) is 16.9 Å². The highest BCUT2D eigenvalue weighted by molar-refractivity contribution is 6.14. The Morgan fingerprint density at radius 2 is 1.84 bits per heavy atom. The first-order valence-corrected chi connectivity index (χ1v) is 8.30. The number of hydrogen-bond acceptors (Lipinski definition) is 4. The molecule has 1 aliphatic rings. The first-order chi connectivity index (χ1) is 12.2. The van der Waals surface area contributed by atoms with E-state index in [0.29, 0.717) is 25.0 Å². The topological polar surface area (TPSA) is 58.9 Å². The summed E-state index contributed by atoms with van der Waals surface area (Å²) in [5.41, 5.74) is 2.43. The number of aliphatic hydroxyl groups is 1. The minimum absolute atomic E-state index is 0.0347. The van der Waals surface area contributed by atoms with Crippen LogP contribution < -0.4 is 4.74 Å². The van der Waals surface area contributed by atoms with Gasteiger partial charge in [-0.1, -0.05) is 42.5 Å². The maximum atomic E-state index is 12.4. The minimum atomic E-state index is -0.0592. The molecule has 0 fully saturated rings. The summed E-state index contributed by atoms with van der Waals surface area (Å²) in [4.78, 5) is 16.7. The molecule has 0 saturated heterocycles. The molecule has 0 bridgehead atoms. The Balaban J connectivity index is 1.68. The Kier molecular flexibility index (Phi) is 5.29. The molecule has 4 heteroatoms. The van der Waals surface area contributed by atoms with Crippen molar-refractivity contribution < 1.29 is 14.6 Å². The van der Waals surface area contributed by atoms with Crippen LogP contribution in [-0.4, -0.2) is 24.2 Å². The fourth-order valence-electron chi connectivity index (χ4n) is 2.99. The van der Waals surface area contributed by atoms with Crippen molar-refractivity contribution in [2.45, 2.75) is 25.3 Å². The number of aliphatic imine (C=N–C) groups is 1. The van der Waals surface area contributed by atoms with Gasteiger partial charge in [0.2, 0.25) is 0 Å². The summed E-state index contributed by atoms with van der Waals surface area (Å²) in [5, 5.41) is 10.3. The van der Waals surface area contributed by atoms with Crippen molar-refractivity contribution in [1.29, 1.82) is 0 Å². The zero-order valence-electron chi connectivity index (χ0n) is 14.2. The van der Waals surface area contributed by atoms with E-state index >= 15 is 0 Å². The highest BCUT2D eigenvalue weighted by Crippen LogP contribution is 2.32. The van der Waals surface area contributed by atoms with Gasteiger partial charge in [-0.2, -0.15) is 0 Å². The molecule has 0 amide bonds. The van der Waals surface area contributed by atoms with E-state index in [4.69, 9.17) is 4.74 Å². The van der Waals surface area contributed by atoms with Crippen LogP contribution in [0, 0.1) is 0 Å². The highest BCUT2D eigenvalue weighted by atomic mass is 16.5. The van der Waals surface area contributed by atoms with Crippen LogP contribution in [0.3, 0.4) is 0 Å². The van der Waals surface area contributed by atoms with Gasteiger partial charge in [-0.15, -0.1) is 0 Å². The molecule has 25 heavy (non-hydrogen) atoms. The van der Waals surface area contributed by atoms with E-state index in [9.17, 15) is 9.90 Å². The summed E-state index contributed by atoms with van der Waals surface area (Å²) in [6, 6.07) is 17.4. The molecule has 0 heterocycles. The molecule has 4 nitrogen and oxygen atoms in total. The van der Waals surface area contributed by atoms with Gasteiger partial charge in [-0.3, -0.25) is 9.79 Å². The average molecular weight is 335 g/mol. The molecular formula is C21H21NO3. The molecule has 1 unspecified atom stereocenters. The zero-order valence-corrected chi connectivity index (χ0v) is 14.2. The SMILES string of the molecule is COc1ccc(CN=CC2=C(O)CC(c3ccccc3)CC2=O)cc1. The summed E-state index contributed by atoms with van der Waals surface area (Å²) in [5.74, 6) is 0.898. The van der Waals surface area contributed by atoms with Crippen molar-refractivity contribution in [3.05, 3.63) is 77.1 Å². The van der Waals surface area contributed by atoms with Gasteiger partial charge >= 0.3 is 0 Å². The van der Waals surface area contributed by atoms with Gasteiger partial charge < -0.3 is 9.84 Å². The van der Waals surface area contributed by atoms with Gasteiger partial charge in [0, 0.05) is 19.1 Å². The Bertz CT molecular complexity index is 792. The van der Waals surface area contributed by atoms with Crippen LogP contribution in [0.15, 0.2) is 70.9 Å². The molecule has 2 aromatic rings. The third-order valence-electron chi connectivity index (χ3n) is 4.41. The van der Waals surface area contributed by atoms with Crippen LogP contribution in [0.5, 0.6) is 5.75 Å². The number of methoxy groups -OCH3 is 1.